The van der Waals surface area contributed by atoms with Gasteiger partial charge in [-0.1, -0.05) is 18.7 Å². The molecule has 7 heteroatoms. The van der Waals surface area contributed by atoms with Crippen molar-refractivity contribution in [3.63, 3.8) is 0 Å². The molecular weight excluding hydrogens is 325 g/mol. The Morgan fingerprint density at radius 1 is 1.48 bits per heavy atom. The van der Waals surface area contributed by atoms with Gasteiger partial charge in [-0.15, -0.1) is 0 Å². The summed E-state index contributed by atoms with van der Waals surface area (Å²) in [5.74, 6) is -1.15. The second-order valence-electron chi connectivity index (χ2n) is 5.29. The number of carbonyl (C=O) groups is 1. The number of nitrogens with two attached hydrogens (primary N) is 1. The number of aromatic nitrogens is 1. The number of methoxy groups -OCH3 is 1. The van der Waals surface area contributed by atoms with Crippen molar-refractivity contribution < 1.29 is 18.7 Å². The van der Waals surface area contributed by atoms with Crippen molar-refractivity contribution in [3.8, 4) is 5.75 Å². The fourth-order valence-electron chi connectivity index (χ4n) is 2.19. The Morgan fingerprint density at radius 2 is 2.24 bits per heavy atom. The number of nitrogens with zero attached hydrogens (tertiary/aromatic N) is 1. The molecule has 0 saturated carbocycles. The van der Waals surface area contributed by atoms with Gasteiger partial charge in [-0.2, -0.15) is 0 Å². The molecule has 6 nitrogen and oxygen atoms in total. The maximum Gasteiger partial charge on any atom is 0.259 e. The van der Waals surface area contributed by atoms with Crippen molar-refractivity contribution in [2.24, 2.45) is 0 Å². The SMILES string of the molecule is C=CCOc1cccc(NC(=O)c2cc(C)c(COC)nc2N)c1F. The fourth-order valence-corrected chi connectivity index (χ4v) is 2.19. The highest BCUT2D eigenvalue weighted by Gasteiger charge is 2.17. The lowest BCUT2D eigenvalue weighted by molar-refractivity contribution is 0.102. The number of carbonyl (C=O) groups excluding carboxylic acids is 1. The number of hydrogen-bond acceptors (Lipinski definition) is 5. The molecule has 0 radical (unpaired) electrons. The highest BCUT2D eigenvalue weighted by Crippen LogP contribution is 2.25. The summed E-state index contributed by atoms with van der Waals surface area (Å²) in [6, 6.07) is 6.07. The third-order valence-corrected chi connectivity index (χ3v) is 3.44. The molecule has 0 saturated heterocycles. The number of aryl methyl sites for hydroxylation is 1. The quantitative estimate of drug-likeness (QED) is 0.753. The average molecular weight is 345 g/mol. The normalized spacial score (nSPS) is 10.4. The predicted octanol–water partition coefficient (Wildman–Crippen LogP) is 3.07. The zero-order chi connectivity index (χ0) is 18.4. The Labute approximate surface area is 145 Å². The number of halogens is 1. The molecule has 0 fully saturated rings. The van der Waals surface area contributed by atoms with Crippen LogP contribution in [0.5, 0.6) is 5.75 Å². The van der Waals surface area contributed by atoms with E-state index in [4.69, 9.17) is 15.2 Å². The lowest BCUT2D eigenvalue weighted by Crippen LogP contribution is -2.17. The second-order valence-corrected chi connectivity index (χ2v) is 5.29. The summed E-state index contributed by atoms with van der Waals surface area (Å²) < 4.78 is 24.6. The van der Waals surface area contributed by atoms with E-state index in [0.29, 0.717) is 5.69 Å². The summed E-state index contributed by atoms with van der Waals surface area (Å²) >= 11 is 0. The number of amides is 1. The van der Waals surface area contributed by atoms with E-state index in [9.17, 15) is 9.18 Å². The Balaban J connectivity index is 2.25. The molecule has 0 unspecified atom stereocenters. The van der Waals surface area contributed by atoms with Crippen LogP contribution < -0.4 is 15.8 Å². The van der Waals surface area contributed by atoms with Gasteiger partial charge in [-0.3, -0.25) is 4.79 Å². The molecule has 0 aliphatic rings. The molecule has 1 heterocycles. The zero-order valence-electron chi connectivity index (χ0n) is 14.1. The summed E-state index contributed by atoms with van der Waals surface area (Å²) in [6.07, 6.45) is 1.50. The number of nitrogens with one attached hydrogen (secondary N) is 1. The summed E-state index contributed by atoms with van der Waals surface area (Å²) in [4.78, 5) is 16.6. The van der Waals surface area contributed by atoms with E-state index in [0.717, 1.165) is 5.56 Å². The molecule has 0 atom stereocenters. The number of anilines is 2. The van der Waals surface area contributed by atoms with Crippen molar-refractivity contribution in [1.29, 1.82) is 0 Å². The van der Waals surface area contributed by atoms with Crippen LogP contribution in [0.3, 0.4) is 0 Å². The minimum atomic E-state index is -0.669. The van der Waals surface area contributed by atoms with E-state index in [1.165, 1.54) is 18.2 Å². The van der Waals surface area contributed by atoms with Crippen molar-refractivity contribution >= 4 is 17.4 Å². The number of pyridine rings is 1. The van der Waals surface area contributed by atoms with Gasteiger partial charge in [0.25, 0.3) is 5.91 Å². The molecule has 0 aliphatic heterocycles. The van der Waals surface area contributed by atoms with E-state index in [1.54, 1.807) is 26.2 Å². The third kappa shape index (κ3) is 4.33. The van der Waals surface area contributed by atoms with Crippen LogP contribution in [-0.2, 0) is 11.3 Å². The number of nitrogen functional groups attached to an aromatic ring is 1. The van der Waals surface area contributed by atoms with Gasteiger partial charge in [0.1, 0.15) is 12.4 Å². The maximum atomic E-state index is 14.4. The summed E-state index contributed by atoms with van der Waals surface area (Å²) in [7, 11) is 1.54. The van der Waals surface area contributed by atoms with E-state index < -0.39 is 11.7 Å². The molecule has 0 bridgehead atoms. The number of hydrogen-bond donors (Lipinski definition) is 2. The third-order valence-electron chi connectivity index (χ3n) is 3.44. The van der Waals surface area contributed by atoms with Crippen LogP contribution in [0.1, 0.15) is 21.6 Å². The van der Waals surface area contributed by atoms with Gasteiger partial charge in [0.15, 0.2) is 11.6 Å². The van der Waals surface area contributed by atoms with Crippen LogP contribution in [0.4, 0.5) is 15.9 Å². The highest BCUT2D eigenvalue weighted by atomic mass is 19.1. The molecule has 0 spiro atoms. The smallest absolute Gasteiger partial charge is 0.259 e. The fraction of sp³-hybridized carbons (Fsp3) is 0.222. The first-order valence-electron chi connectivity index (χ1n) is 7.56. The zero-order valence-corrected chi connectivity index (χ0v) is 14.1. The van der Waals surface area contributed by atoms with Crippen molar-refractivity contribution in [2.75, 3.05) is 24.8 Å². The molecule has 2 rings (SSSR count). The Bertz CT molecular complexity index is 793. The first kappa shape index (κ1) is 18.4. The first-order valence-corrected chi connectivity index (χ1v) is 7.56. The molecule has 1 amide bonds. The molecule has 132 valence electrons. The summed E-state index contributed by atoms with van der Waals surface area (Å²) in [5.41, 5.74) is 7.40. The summed E-state index contributed by atoms with van der Waals surface area (Å²) in [5, 5.41) is 2.49. The predicted molar refractivity (Wildman–Crippen MR) is 94.1 cm³/mol. The standard InChI is InChI=1S/C18H20FN3O3/c1-4-8-25-15-7-5-6-13(16(15)19)22-18(23)12-9-11(2)14(10-24-3)21-17(12)20/h4-7,9H,1,8,10H2,2-3H3,(H2,20,21)(H,22,23). The van der Waals surface area contributed by atoms with Gasteiger partial charge in [0.2, 0.25) is 0 Å². The van der Waals surface area contributed by atoms with Crippen LogP contribution >= 0.6 is 0 Å². The monoisotopic (exact) mass is 345 g/mol. The van der Waals surface area contributed by atoms with Crippen molar-refractivity contribution in [1.82, 2.24) is 4.98 Å². The van der Waals surface area contributed by atoms with E-state index in [-0.39, 0.29) is 36.0 Å². The van der Waals surface area contributed by atoms with Crippen LogP contribution in [-0.4, -0.2) is 24.6 Å². The lowest BCUT2D eigenvalue weighted by Gasteiger charge is -2.12. The molecule has 0 aliphatic carbocycles. The topological polar surface area (TPSA) is 86.5 Å². The molecule has 3 N–H and O–H groups in total. The van der Waals surface area contributed by atoms with E-state index >= 15 is 0 Å². The second kappa shape index (κ2) is 8.25. The minimum Gasteiger partial charge on any atom is -0.486 e. The van der Waals surface area contributed by atoms with Gasteiger partial charge >= 0.3 is 0 Å². The van der Waals surface area contributed by atoms with Crippen molar-refractivity contribution in [3.05, 3.63) is 59.6 Å². The lowest BCUT2D eigenvalue weighted by atomic mass is 10.1. The van der Waals surface area contributed by atoms with Gasteiger partial charge in [-0.25, -0.2) is 9.37 Å². The molecule has 2 aromatic rings. The summed E-state index contributed by atoms with van der Waals surface area (Å²) in [6.45, 7) is 5.75. The van der Waals surface area contributed by atoms with Crippen molar-refractivity contribution in [2.45, 2.75) is 13.5 Å². The van der Waals surface area contributed by atoms with E-state index in [2.05, 4.69) is 16.9 Å². The van der Waals surface area contributed by atoms with E-state index in [1.807, 2.05) is 0 Å². The number of rotatable bonds is 7. The van der Waals surface area contributed by atoms with Gasteiger partial charge < -0.3 is 20.5 Å². The molecule has 1 aromatic carbocycles. The maximum absolute atomic E-state index is 14.4. The Kier molecular flexibility index (Phi) is 6.08. The Morgan fingerprint density at radius 3 is 2.92 bits per heavy atom. The Hall–Kier alpha value is -2.93. The molecule has 1 aromatic heterocycles. The molecular formula is C18H20FN3O3. The number of benzene rings is 1. The van der Waals surface area contributed by atoms with Crippen LogP contribution in [0.15, 0.2) is 36.9 Å². The van der Waals surface area contributed by atoms with Crippen LogP contribution in [0.25, 0.3) is 0 Å². The first-order chi connectivity index (χ1) is 12.0. The van der Waals surface area contributed by atoms with Crippen LogP contribution in [0, 0.1) is 12.7 Å². The largest absolute Gasteiger partial charge is 0.486 e. The number of ether oxygens (including phenoxy) is 2. The van der Waals surface area contributed by atoms with Gasteiger partial charge in [0.05, 0.1) is 23.6 Å². The van der Waals surface area contributed by atoms with Gasteiger partial charge in [0, 0.05) is 7.11 Å². The van der Waals surface area contributed by atoms with Gasteiger partial charge in [-0.05, 0) is 30.7 Å². The highest BCUT2D eigenvalue weighted by molar-refractivity contribution is 6.07. The average Bonchev–Trinajstić information content (AvgIpc) is 2.58. The van der Waals surface area contributed by atoms with Crippen LogP contribution in [0.2, 0.25) is 0 Å². The molecule has 25 heavy (non-hydrogen) atoms. The minimum absolute atomic E-state index is 0.00965.